The van der Waals surface area contributed by atoms with Gasteiger partial charge in [-0.15, -0.1) is 0 Å². The van der Waals surface area contributed by atoms with E-state index in [0.717, 1.165) is 6.42 Å². The minimum Gasteiger partial charge on any atom is -0.345 e. The summed E-state index contributed by atoms with van der Waals surface area (Å²) in [5, 5.41) is 0. The molecule has 0 aliphatic carbocycles. The van der Waals surface area contributed by atoms with Crippen molar-refractivity contribution < 1.29 is 9.47 Å². The Morgan fingerprint density at radius 1 is 1.08 bits per heavy atom. The maximum Gasteiger partial charge on any atom is 0.166 e. The third-order valence-electron chi connectivity index (χ3n) is 2.77. The highest BCUT2D eigenvalue weighted by atomic mass is 16.7. The van der Waals surface area contributed by atoms with Gasteiger partial charge >= 0.3 is 0 Å². The Balaban J connectivity index is 2.31. The Morgan fingerprint density at radius 2 is 1.62 bits per heavy atom. The summed E-state index contributed by atoms with van der Waals surface area (Å²) >= 11 is 0. The Bertz CT molecular complexity index is 146. The van der Waals surface area contributed by atoms with Gasteiger partial charge in [0.25, 0.3) is 0 Å². The molecule has 0 amide bonds. The number of ether oxygens (including phenoxy) is 2. The molecule has 0 aromatic heterocycles. The van der Waals surface area contributed by atoms with Crippen LogP contribution in [0.1, 0.15) is 53.4 Å². The maximum absolute atomic E-state index is 5.79. The van der Waals surface area contributed by atoms with Gasteiger partial charge in [-0.2, -0.15) is 0 Å². The SMILES string of the molecule is CCCCCC1(C)OC(C)C(C)O1. The largest absolute Gasteiger partial charge is 0.345 e. The average molecular weight is 186 g/mol. The molecule has 0 saturated carbocycles. The molecule has 13 heavy (non-hydrogen) atoms. The molecular formula is C11H22O2. The standard InChI is InChI=1S/C11H22O2/c1-5-6-7-8-11(4)12-9(2)10(3)13-11/h9-10H,5-8H2,1-4H3. The fourth-order valence-corrected chi connectivity index (χ4v) is 1.82. The van der Waals surface area contributed by atoms with Crippen molar-refractivity contribution in [1.29, 1.82) is 0 Å². The first kappa shape index (κ1) is 11.0. The molecule has 2 nitrogen and oxygen atoms in total. The van der Waals surface area contributed by atoms with Crippen LogP contribution in [0.3, 0.4) is 0 Å². The summed E-state index contributed by atoms with van der Waals surface area (Å²) in [4.78, 5) is 0. The third kappa shape index (κ3) is 2.96. The van der Waals surface area contributed by atoms with Crippen LogP contribution in [0.2, 0.25) is 0 Å². The second-order valence-electron chi connectivity index (χ2n) is 4.24. The maximum atomic E-state index is 5.79. The molecule has 0 aromatic carbocycles. The lowest BCUT2D eigenvalue weighted by Gasteiger charge is -2.22. The minimum absolute atomic E-state index is 0.242. The van der Waals surface area contributed by atoms with E-state index >= 15 is 0 Å². The van der Waals surface area contributed by atoms with E-state index in [-0.39, 0.29) is 18.0 Å². The van der Waals surface area contributed by atoms with Crippen LogP contribution in [0.25, 0.3) is 0 Å². The topological polar surface area (TPSA) is 18.5 Å². The molecule has 0 aromatic rings. The molecular weight excluding hydrogens is 164 g/mol. The normalized spacial score (nSPS) is 39.7. The van der Waals surface area contributed by atoms with Crippen molar-refractivity contribution in [3.8, 4) is 0 Å². The molecule has 1 saturated heterocycles. The number of unbranched alkanes of at least 4 members (excludes halogenated alkanes) is 2. The number of hydrogen-bond donors (Lipinski definition) is 0. The molecule has 0 N–H and O–H groups in total. The smallest absolute Gasteiger partial charge is 0.166 e. The zero-order valence-corrected chi connectivity index (χ0v) is 9.30. The van der Waals surface area contributed by atoms with Gasteiger partial charge < -0.3 is 9.47 Å². The van der Waals surface area contributed by atoms with Crippen molar-refractivity contribution in [2.45, 2.75) is 71.4 Å². The fourth-order valence-electron chi connectivity index (χ4n) is 1.82. The van der Waals surface area contributed by atoms with E-state index in [0.29, 0.717) is 0 Å². The van der Waals surface area contributed by atoms with Crippen LogP contribution in [-0.2, 0) is 9.47 Å². The minimum atomic E-state index is -0.312. The summed E-state index contributed by atoms with van der Waals surface area (Å²) in [6.07, 6.45) is 5.23. The van der Waals surface area contributed by atoms with E-state index in [1.807, 2.05) is 0 Å². The second-order valence-corrected chi connectivity index (χ2v) is 4.24. The first-order chi connectivity index (χ1) is 6.07. The quantitative estimate of drug-likeness (QED) is 0.628. The van der Waals surface area contributed by atoms with Crippen LogP contribution in [0, 0.1) is 0 Å². The number of rotatable bonds is 4. The predicted octanol–water partition coefficient (Wildman–Crippen LogP) is 3.11. The second kappa shape index (κ2) is 4.43. The molecule has 2 unspecified atom stereocenters. The Hall–Kier alpha value is -0.0800. The highest BCUT2D eigenvalue weighted by Gasteiger charge is 2.39. The molecule has 0 bridgehead atoms. The van der Waals surface area contributed by atoms with Crippen molar-refractivity contribution >= 4 is 0 Å². The molecule has 0 spiro atoms. The van der Waals surface area contributed by atoms with E-state index < -0.39 is 0 Å². The van der Waals surface area contributed by atoms with Crippen LogP contribution >= 0.6 is 0 Å². The monoisotopic (exact) mass is 186 g/mol. The van der Waals surface area contributed by atoms with Gasteiger partial charge in [-0.3, -0.25) is 0 Å². The van der Waals surface area contributed by atoms with Gasteiger partial charge in [0.15, 0.2) is 5.79 Å². The molecule has 78 valence electrons. The summed E-state index contributed by atoms with van der Waals surface area (Å²) in [5.74, 6) is -0.312. The van der Waals surface area contributed by atoms with Gasteiger partial charge in [-0.25, -0.2) is 0 Å². The van der Waals surface area contributed by atoms with Crippen molar-refractivity contribution in [3.05, 3.63) is 0 Å². The Kier molecular flexibility index (Phi) is 3.74. The lowest BCUT2D eigenvalue weighted by molar-refractivity contribution is -0.164. The Labute approximate surface area is 81.6 Å². The number of hydrogen-bond acceptors (Lipinski definition) is 2. The zero-order valence-electron chi connectivity index (χ0n) is 9.30. The summed E-state index contributed by atoms with van der Waals surface area (Å²) in [7, 11) is 0. The fraction of sp³-hybridized carbons (Fsp3) is 1.00. The van der Waals surface area contributed by atoms with Crippen LogP contribution in [0.5, 0.6) is 0 Å². The van der Waals surface area contributed by atoms with Crippen LogP contribution < -0.4 is 0 Å². The molecule has 2 heteroatoms. The van der Waals surface area contributed by atoms with E-state index in [9.17, 15) is 0 Å². The van der Waals surface area contributed by atoms with Crippen molar-refractivity contribution in [2.24, 2.45) is 0 Å². The van der Waals surface area contributed by atoms with E-state index in [1.165, 1.54) is 19.3 Å². The van der Waals surface area contributed by atoms with E-state index in [1.54, 1.807) is 0 Å². The first-order valence-electron chi connectivity index (χ1n) is 5.43. The van der Waals surface area contributed by atoms with Gasteiger partial charge in [-0.1, -0.05) is 19.8 Å². The highest BCUT2D eigenvalue weighted by molar-refractivity contribution is 4.77. The van der Waals surface area contributed by atoms with Crippen LogP contribution in [0.15, 0.2) is 0 Å². The molecule has 1 heterocycles. The van der Waals surface area contributed by atoms with Gasteiger partial charge in [0.1, 0.15) is 0 Å². The van der Waals surface area contributed by atoms with E-state index in [2.05, 4.69) is 27.7 Å². The Morgan fingerprint density at radius 3 is 2.08 bits per heavy atom. The summed E-state index contributed by atoms with van der Waals surface area (Å²) in [6, 6.07) is 0. The highest BCUT2D eigenvalue weighted by Crippen LogP contribution is 2.32. The van der Waals surface area contributed by atoms with Crippen molar-refractivity contribution in [1.82, 2.24) is 0 Å². The molecule has 1 fully saturated rings. The van der Waals surface area contributed by atoms with Crippen molar-refractivity contribution in [3.63, 3.8) is 0 Å². The lowest BCUT2D eigenvalue weighted by atomic mass is 10.1. The molecule has 1 rings (SSSR count). The predicted molar refractivity (Wildman–Crippen MR) is 53.6 cm³/mol. The third-order valence-corrected chi connectivity index (χ3v) is 2.77. The first-order valence-corrected chi connectivity index (χ1v) is 5.43. The van der Waals surface area contributed by atoms with E-state index in [4.69, 9.17) is 9.47 Å². The molecule has 0 radical (unpaired) electrons. The van der Waals surface area contributed by atoms with Gasteiger partial charge in [0, 0.05) is 6.42 Å². The van der Waals surface area contributed by atoms with Gasteiger partial charge in [-0.05, 0) is 27.2 Å². The van der Waals surface area contributed by atoms with Crippen LogP contribution in [0.4, 0.5) is 0 Å². The molecule has 1 aliphatic rings. The van der Waals surface area contributed by atoms with Crippen LogP contribution in [-0.4, -0.2) is 18.0 Å². The molecule has 2 atom stereocenters. The summed E-state index contributed by atoms with van der Waals surface area (Å²) in [5.41, 5.74) is 0. The van der Waals surface area contributed by atoms with Gasteiger partial charge in [0.2, 0.25) is 0 Å². The lowest BCUT2D eigenvalue weighted by Crippen LogP contribution is -2.26. The summed E-state index contributed by atoms with van der Waals surface area (Å²) < 4.78 is 11.6. The zero-order chi connectivity index (χ0) is 9.90. The van der Waals surface area contributed by atoms with Gasteiger partial charge in [0.05, 0.1) is 12.2 Å². The average Bonchev–Trinajstić information content (AvgIpc) is 2.27. The van der Waals surface area contributed by atoms with Crippen molar-refractivity contribution in [2.75, 3.05) is 0 Å². The molecule has 1 aliphatic heterocycles. The summed E-state index contributed by atoms with van der Waals surface area (Å²) in [6.45, 7) is 8.43.